The van der Waals surface area contributed by atoms with Crippen LogP contribution in [0.1, 0.15) is 0 Å². The van der Waals surface area contributed by atoms with Gasteiger partial charge in [-0.2, -0.15) is 0 Å². The second-order valence-electron chi connectivity index (χ2n) is 1.13. The summed E-state index contributed by atoms with van der Waals surface area (Å²) in [5, 5.41) is 3.04. The van der Waals surface area contributed by atoms with Crippen LogP contribution in [0.4, 0.5) is 0 Å². The minimum absolute atomic E-state index is 0.783. The number of ether oxygens (including phenoxy) is 1. The standard InChI is InChI=1S/C4H10BrNO/c1-7-3-2-6-4-5/h6H,2-4H2,1H3. The van der Waals surface area contributed by atoms with Gasteiger partial charge in [0.15, 0.2) is 0 Å². The maximum Gasteiger partial charge on any atom is 0.0587 e. The molecule has 0 aromatic carbocycles. The third-order valence-corrected chi connectivity index (χ3v) is 0.974. The zero-order valence-electron chi connectivity index (χ0n) is 4.41. The lowest BCUT2D eigenvalue weighted by Gasteiger charge is -1.95. The Labute approximate surface area is 52.4 Å². The first kappa shape index (κ1) is 7.40. The zero-order chi connectivity index (χ0) is 5.54. The van der Waals surface area contributed by atoms with E-state index in [-0.39, 0.29) is 0 Å². The van der Waals surface area contributed by atoms with Gasteiger partial charge in [-0.3, -0.25) is 0 Å². The highest BCUT2D eigenvalue weighted by atomic mass is 79.9. The van der Waals surface area contributed by atoms with Crippen molar-refractivity contribution in [2.45, 2.75) is 0 Å². The smallest absolute Gasteiger partial charge is 0.0587 e. The van der Waals surface area contributed by atoms with Crippen molar-refractivity contribution in [3.05, 3.63) is 0 Å². The molecule has 0 unspecified atom stereocenters. The van der Waals surface area contributed by atoms with Crippen molar-refractivity contribution in [2.24, 2.45) is 0 Å². The fraction of sp³-hybridized carbons (Fsp3) is 1.00. The van der Waals surface area contributed by atoms with Crippen molar-refractivity contribution in [2.75, 3.05) is 25.7 Å². The molecular weight excluding hydrogens is 158 g/mol. The number of alkyl halides is 1. The molecule has 44 valence electrons. The van der Waals surface area contributed by atoms with Crippen LogP contribution >= 0.6 is 15.9 Å². The normalized spacial score (nSPS) is 9.43. The molecule has 0 heterocycles. The van der Waals surface area contributed by atoms with E-state index in [1.807, 2.05) is 0 Å². The Hall–Kier alpha value is 0.400. The average molecular weight is 168 g/mol. The first-order chi connectivity index (χ1) is 3.41. The molecule has 0 spiro atoms. The van der Waals surface area contributed by atoms with Crippen molar-refractivity contribution in [3.63, 3.8) is 0 Å². The second-order valence-corrected chi connectivity index (χ2v) is 1.69. The fourth-order valence-electron chi connectivity index (χ4n) is 0.241. The summed E-state index contributed by atoms with van der Waals surface area (Å²) in [6.45, 7) is 1.70. The third kappa shape index (κ3) is 6.40. The SMILES string of the molecule is COCCNCBr. The maximum absolute atomic E-state index is 4.76. The molecule has 0 rings (SSSR count). The van der Waals surface area contributed by atoms with E-state index in [1.165, 1.54) is 0 Å². The topological polar surface area (TPSA) is 21.3 Å². The number of nitrogens with one attached hydrogen (secondary N) is 1. The van der Waals surface area contributed by atoms with Crippen LogP contribution in [0.5, 0.6) is 0 Å². The lowest BCUT2D eigenvalue weighted by atomic mass is 10.7. The lowest BCUT2D eigenvalue weighted by molar-refractivity contribution is 0.201. The molecule has 7 heavy (non-hydrogen) atoms. The van der Waals surface area contributed by atoms with Crippen molar-refractivity contribution < 1.29 is 4.74 Å². The van der Waals surface area contributed by atoms with Gasteiger partial charge in [-0.1, -0.05) is 15.9 Å². The lowest BCUT2D eigenvalue weighted by Crippen LogP contribution is -2.16. The van der Waals surface area contributed by atoms with E-state index in [4.69, 9.17) is 4.74 Å². The van der Waals surface area contributed by atoms with Gasteiger partial charge >= 0.3 is 0 Å². The minimum atomic E-state index is 0.783. The third-order valence-electron chi connectivity index (χ3n) is 0.577. The predicted molar refractivity (Wildman–Crippen MR) is 33.7 cm³/mol. The van der Waals surface area contributed by atoms with Gasteiger partial charge in [0.1, 0.15) is 0 Å². The molecule has 1 N–H and O–H groups in total. The summed E-state index contributed by atoms with van der Waals surface area (Å²) in [5.74, 6) is 0. The monoisotopic (exact) mass is 167 g/mol. The van der Waals surface area contributed by atoms with Gasteiger partial charge in [0, 0.05) is 13.7 Å². The van der Waals surface area contributed by atoms with Crippen LogP contribution in [0.3, 0.4) is 0 Å². The number of rotatable bonds is 4. The first-order valence-corrected chi connectivity index (χ1v) is 3.29. The summed E-state index contributed by atoms with van der Waals surface area (Å²) in [6, 6.07) is 0. The molecular formula is C4H10BrNO. The highest BCUT2D eigenvalue weighted by Gasteiger charge is 1.77. The molecule has 0 radical (unpaired) electrons. The first-order valence-electron chi connectivity index (χ1n) is 2.17. The molecule has 0 aromatic rings. The quantitative estimate of drug-likeness (QED) is 0.376. The van der Waals surface area contributed by atoms with Gasteiger partial charge in [0.2, 0.25) is 0 Å². The minimum Gasteiger partial charge on any atom is -0.383 e. The van der Waals surface area contributed by atoms with E-state index in [0.29, 0.717) is 0 Å². The van der Waals surface area contributed by atoms with Crippen molar-refractivity contribution in [3.8, 4) is 0 Å². The van der Waals surface area contributed by atoms with Gasteiger partial charge in [0.05, 0.1) is 12.1 Å². The molecule has 0 aliphatic carbocycles. The van der Waals surface area contributed by atoms with Crippen LogP contribution in [-0.4, -0.2) is 25.7 Å². The van der Waals surface area contributed by atoms with E-state index >= 15 is 0 Å². The number of hydrogen-bond acceptors (Lipinski definition) is 2. The van der Waals surface area contributed by atoms with E-state index in [9.17, 15) is 0 Å². The Bertz CT molecular complexity index is 30.9. The Morgan fingerprint density at radius 1 is 1.71 bits per heavy atom. The van der Waals surface area contributed by atoms with E-state index in [1.54, 1.807) is 7.11 Å². The van der Waals surface area contributed by atoms with Gasteiger partial charge < -0.3 is 10.1 Å². The highest BCUT2D eigenvalue weighted by Crippen LogP contribution is 1.70. The van der Waals surface area contributed by atoms with Crippen molar-refractivity contribution >= 4 is 15.9 Å². The molecule has 0 atom stereocenters. The van der Waals surface area contributed by atoms with E-state index in [0.717, 1.165) is 18.6 Å². The fourth-order valence-corrected chi connectivity index (χ4v) is 0.521. The molecule has 0 saturated heterocycles. The Balaban J connectivity index is 2.45. The molecule has 2 nitrogen and oxygen atoms in total. The van der Waals surface area contributed by atoms with Crippen LogP contribution in [0.2, 0.25) is 0 Å². The molecule has 0 aliphatic rings. The average Bonchev–Trinajstić information content (AvgIpc) is 1.69. The Kier molecular flexibility index (Phi) is 6.77. The van der Waals surface area contributed by atoms with Crippen LogP contribution in [0.25, 0.3) is 0 Å². The second kappa shape index (κ2) is 6.40. The summed E-state index contributed by atoms with van der Waals surface area (Å²) in [7, 11) is 1.69. The number of hydrogen-bond donors (Lipinski definition) is 1. The Morgan fingerprint density at radius 3 is 2.86 bits per heavy atom. The van der Waals surface area contributed by atoms with Gasteiger partial charge in [-0.15, -0.1) is 0 Å². The molecule has 3 heteroatoms. The summed E-state index contributed by atoms with van der Waals surface area (Å²) < 4.78 is 4.76. The number of methoxy groups -OCH3 is 1. The molecule has 0 aliphatic heterocycles. The van der Waals surface area contributed by atoms with E-state index in [2.05, 4.69) is 21.2 Å². The zero-order valence-corrected chi connectivity index (χ0v) is 5.99. The highest BCUT2D eigenvalue weighted by molar-refractivity contribution is 9.09. The molecule has 0 bridgehead atoms. The van der Waals surface area contributed by atoms with Crippen LogP contribution in [0.15, 0.2) is 0 Å². The molecule has 0 fully saturated rings. The Morgan fingerprint density at radius 2 is 2.43 bits per heavy atom. The van der Waals surface area contributed by atoms with Crippen LogP contribution < -0.4 is 5.32 Å². The van der Waals surface area contributed by atoms with Gasteiger partial charge in [-0.25, -0.2) is 0 Å². The van der Waals surface area contributed by atoms with Gasteiger partial charge in [0.25, 0.3) is 0 Å². The summed E-state index contributed by atoms with van der Waals surface area (Å²) >= 11 is 3.21. The summed E-state index contributed by atoms with van der Waals surface area (Å²) in [5.41, 5.74) is 0.844. The van der Waals surface area contributed by atoms with Gasteiger partial charge in [-0.05, 0) is 0 Å². The maximum atomic E-state index is 4.76. The number of halogens is 1. The molecule has 0 aromatic heterocycles. The summed E-state index contributed by atoms with van der Waals surface area (Å²) in [4.78, 5) is 0. The van der Waals surface area contributed by atoms with Crippen LogP contribution in [-0.2, 0) is 4.74 Å². The molecule has 0 amide bonds. The van der Waals surface area contributed by atoms with Crippen molar-refractivity contribution in [1.29, 1.82) is 0 Å². The van der Waals surface area contributed by atoms with E-state index < -0.39 is 0 Å². The summed E-state index contributed by atoms with van der Waals surface area (Å²) in [6.07, 6.45) is 0. The largest absolute Gasteiger partial charge is 0.383 e. The van der Waals surface area contributed by atoms with Crippen LogP contribution in [0, 0.1) is 0 Å². The predicted octanol–water partition coefficient (Wildman–Crippen LogP) is 0.575. The molecule has 0 saturated carbocycles. The van der Waals surface area contributed by atoms with Crippen molar-refractivity contribution in [1.82, 2.24) is 5.32 Å².